The van der Waals surface area contributed by atoms with Gasteiger partial charge in [0.2, 0.25) is 11.2 Å². The number of hydrogen-bond acceptors (Lipinski definition) is 7. The Labute approximate surface area is 193 Å². The normalized spacial score (nSPS) is 14.1. The van der Waals surface area contributed by atoms with E-state index in [1.54, 1.807) is 18.2 Å². The molecular formula is C23H20F3NO6S. The van der Waals surface area contributed by atoms with Crippen LogP contribution in [0.25, 0.3) is 0 Å². The summed E-state index contributed by atoms with van der Waals surface area (Å²) < 4.78 is 75.3. The molecule has 7 nitrogen and oxygen atoms in total. The van der Waals surface area contributed by atoms with Gasteiger partial charge in [-0.3, -0.25) is 9.69 Å². The van der Waals surface area contributed by atoms with Crippen molar-refractivity contribution in [2.75, 3.05) is 6.26 Å². The maximum absolute atomic E-state index is 12.4. The van der Waals surface area contributed by atoms with Crippen molar-refractivity contribution in [3.05, 3.63) is 87.5 Å². The van der Waals surface area contributed by atoms with Crippen LogP contribution in [0.15, 0.2) is 68.9 Å². The van der Waals surface area contributed by atoms with E-state index in [4.69, 9.17) is 9.15 Å². The van der Waals surface area contributed by atoms with Gasteiger partial charge in [-0.2, -0.15) is 0 Å². The molecule has 0 radical (unpaired) electrons. The summed E-state index contributed by atoms with van der Waals surface area (Å²) in [5.41, 5.74) is 1.89. The fourth-order valence-electron chi connectivity index (χ4n) is 3.59. The van der Waals surface area contributed by atoms with Gasteiger partial charge in [-0.1, -0.05) is 18.2 Å². The monoisotopic (exact) mass is 495 g/mol. The molecule has 0 fully saturated rings. The van der Waals surface area contributed by atoms with Gasteiger partial charge in [-0.05, 0) is 41.0 Å². The molecule has 4 rings (SSSR count). The van der Waals surface area contributed by atoms with Crippen LogP contribution in [0.2, 0.25) is 0 Å². The average Bonchev–Trinajstić information content (AvgIpc) is 3.13. The number of fused-ring (bicyclic) bond motifs is 1. The summed E-state index contributed by atoms with van der Waals surface area (Å²) in [6.45, 7) is 1.22. The number of hydrogen-bond donors (Lipinski definition) is 0. The third kappa shape index (κ3) is 5.97. The van der Waals surface area contributed by atoms with Crippen molar-refractivity contribution in [3.8, 4) is 11.5 Å². The highest BCUT2D eigenvalue weighted by molar-refractivity contribution is 7.90. The minimum atomic E-state index is -4.75. The largest absolute Gasteiger partial charge is 0.573 e. The fourth-order valence-corrected chi connectivity index (χ4v) is 4.22. The lowest BCUT2D eigenvalue weighted by atomic mass is 10.1. The van der Waals surface area contributed by atoms with Crippen LogP contribution < -0.4 is 14.9 Å². The molecule has 0 saturated carbocycles. The molecule has 11 heteroatoms. The maximum Gasteiger partial charge on any atom is 0.573 e. The van der Waals surface area contributed by atoms with Crippen LogP contribution in [0, 0.1) is 0 Å². The highest BCUT2D eigenvalue weighted by Crippen LogP contribution is 2.30. The van der Waals surface area contributed by atoms with Gasteiger partial charge in [0.15, 0.2) is 9.84 Å². The molecule has 0 saturated heterocycles. The van der Waals surface area contributed by atoms with Gasteiger partial charge < -0.3 is 13.9 Å². The van der Waals surface area contributed by atoms with Crippen molar-refractivity contribution in [2.24, 2.45) is 0 Å². The lowest BCUT2D eigenvalue weighted by Crippen LogP contribution is -2.17. The number of halogens is 3. The van der Waals surface area contributed by atoms with Crippen LogP contribution in [0.1, 0.15) is 22.5 Å². The van der Waals surface area contributed by atoms with Crippen molar-refractivity contribution in [1.82, 2.24) is 4.90 Å². The molecule has 0 aliphatic carbocycles. The Balaban J connectivity index is 1.35. The van der Waals surface area contributed by atoms with Crippen LogP contribution in [-0.4, -0.2) is 25.9 Å². The van der Waals surface area contributed by atoms with E-state index in [1.807, 2.05) is 4.90 Å². The van der Waals surface area contributed by atoms with E-state index >= 15 is 0 Å². The number of nitrogens with zero attached hydrogens (tertiary/aromatic N) is 1. The highest BCUT2D eigenvalue weighted by Gasteiger charge is 2.32. The summed E-state index contributed by atoms with van der Waals surface area (Å²) in [5, 5.41) is 0. The molecule has 2 aromatic carbocycles. The number of alkyl halides is 3. The van der Waals surface area contributed by atoms with Gasteiger partial charge in [0, 0.05) is 25.4 Å². The molecule has 0 bridgehead atoms. The Morgan fingerprint density at radius 3 is 2.38 bits per heavy atom. The number of ether oxygens (including phenoxy) is 2. The summed E-state index contributed by atoms with van der Waals surface area (Å²) in [5.74, 6) is 0.121. The summed E-state index contributed by atoms with van der Waals surface area (Å²) in [6, 6.07) is 11.7. The molecule has 1 aliphatic rings. The molecule has 0 spiro atoms. The highest BCUT2D eigenvalue weighted by atomic mass is 32.2. The van der Waals surface area contributed by atoms with E-state index in [-0.39, 0.29) is 35.0 Å². The Morgan fingerprint density at radius 2 is 1.74 bits per heavy atom. The van der Waals surface area contributed by atoms with Crippen molar-refractivity contribution < 1.29 is 35.5 Å². The molecule has 180 valence electrons. The topological polar surface area (TPSA) is 86.1 Å². The second-order valence-electron chi connectivity index (χ2n) is 7.90. The van der Waals surface area contributed by atoms with Gasteiger partial charge >= 0.3 is 6.36 Å². The fraction of sp³-hybridized carbons (Fsp3) is 0.261. The lowest BCUT2D eigenvalue weighted by molar-refractivity contribution is -0.274. The number of benzene rings is 2. The zero-order chi connectivity index (χ0) is 24.5. The molecule has 3 aromatic rings. The summed E-state index contributed by atoms with van der Waals surface area (Å²) in [6.07, 6.45) is -2.42. The van der Waals surface area contributed by atoms with Crippen LogP contribution >= 0.6 is 0 Å². The number of sulfone groups is 1. The smallest absolute Gasteiger partial charge is 0.482 e. The Morgan fingerprint density at radius 1 is 1.03 bits per heavy atom. The Hall–Kier alpha value is -3.31. The van der Waals surface area contributed by atoms with E-state index in [1.165, 1.54) is 36.6 Å². The second-order valence-corrected chi connectivity index (χ2v) is 9.92. The van der Waals surface area contributed by atoms with E-state index in [0.29, 0.717) is 30.0 Å². The van der Waals surface area contributed by atoms with Crippen LogP contribution in [-0.2, 0) is 36.1 Å². The first kappa shape index (κ1) is 23.8. The SMILES string of the molecule is CS(=O)(=O)c1ccc(COc2coc(CN3Cc4ccc(OC(F)(F)F)cc4C3)cc2=O)cc1. The van der Waals surface area contributed by atoms with Gasteiger partial charge in [-0.15, -0.1) is 13.2 Å². The molecule has 2 heterocycles. The van der Waals surface area contributed by atoms with Crippen molar-refractivity contribution in [3.63, 3.8) is 0 Å². The third-order valence-corrected chi connectivity index (χ3v) is 6.31. The Kier molecular flexibility index (Phi) is 6.41. The third-order valence-electron chi connectivity index (χ3n) is 5.18. The van der Waals surface area contributed by atoms with E-state index in [0.717, 1.165) is 11.8 Å². The predicted octanol–water partition coefficient (Wildman–Crippen LogP) is 4.04. The summed E-state index contributed by atoms with van der Waals surface area (Å²) in [4.78, 5) is 14.5. The first-order valence-electron chi connectivity index (χ1n) is 10.1. The molecule has 1 aliphatic heterocycles. The molecule has 0 atom stereocenters. The second kappa shape index (κ2) is 9.15. The molecule has 0 N–H and O–H groups in total. The first-order valence-corrected chi connectivity index (χ1v) is 12.0. The standard InChI is InChI=1S/C23H20F3NO6S/c1-34(29,30)20-6-2-15(3-7-20)13-32-22-14-31-19(9-21(22)28)12-27-10-16-4-5-18(8-17(16)11-27)33-23(24,25)26/h2-9,14H,10-13H2,1H3. The zero-order valence-electron chi connectivity index (χ0n) is 18.0. The minimum Gasteiger partial charge on any atom is -0.482 e. The van der Waals surface area contributed by atoms with E-state index in [2.05, 4.69) is 4.74 Å². The van der Waals surface area contributed by atoms with Gasteiger partial charge in [0.1, 0.15) is 24.4 Å². The molecule has 34 heavy (non-hydrogen) atoms. The summed E-state index contributed by atoms with van der Waals surface area (Å²) in [7, 11) is -3.30. The molecule has 1 aromatic heterocycles. The number of rotatable bonds is 7. The van der Waals surface area contributed by atoms with Crippen LogP contribution in [0.3, 0.4) is 0 Å². The molecular weight excluding hydrogens is 475 g/mol. The maximum atomic E-state index is 12.4. The molecule has 0 amide bonds. The van der Waals surface area contributed by atoms with Gasteiger partial charge in [0.25, 0.3) is 0 Å². The Bertz CT molecular complexity index is 1350. The van der Waals surface area contributed by atoms with Gasteiger partial charge in [0.05, 0.1) is 11.4 Å². The zero-order valence-corrected chi connectivity index (χ0v) is 18.8. The van der Waals surface area contributed by atoms with Crippen LogP contribution in [0.5, 0.6) is 11.5 Å². The average molecular weight is 495 g/mol. The minimum absolute atomic E-state index is 0.00888. The van der Waals surface area contributed by atoms with E-state index in [9.17, 15) is 26.4 Å². The van der Waals surface area contributed by atoms with Crippen molar-refractivity contribution >= 4 is 9.84 Å². The van der Waals surface area contributed by atoms with Gasteiger partial charge in [-0.25, -0.2) is 8.42 Å². The lowest BCUT2D eigenvalue weighted by Gasteiger charge is -2.14. The van der Waals surface area contributed by atoms with Crippen molar-refractivity contribution in [1.29, 1.82) is 0 Å². The van der Waals surface area contributed by atoms with E-state index < -0.39 is 16.2 Å². The quantitative estimate of drug-likeness (QED) is 0.489. The summed E-state index contributed by atoms with van der Waals surface area (Å²) >= 11 is 0. The first-order chi connectivity index (χ1) is 16.0. The van der Waals surface area contributed by atoms with Crippen molar-refractivity contribution in [2.45, 2.75) is 37.5 Å². The predicted molar refractivity (Wildman–Crippen MR) is 115 cm³/mol. The molecule has 0 unspecified atom stereocenters. The van der Waals surface area contributed by atoms with Crippen LogP contribution in [0.4, 0.5) is 13.2 Å².